The molecule has 1 aliphatic heterocycles. The van der Waals surface area contributed by atoms with Crippen molar-refractivity contribution in [2.24, 2.45) is 0 Å². The molecular formula is C20H24N2O3. The minimum absolute atomic E-state index is 0.0113. The van der Waals surface area contributed by atoms with Gasteiger partial charge < -0.3 is 19.6 Å². The first-order valence-electron chi connectivity index (χ1n) is 8.48. The largest absolute Gasteiger partial charge is 0.507 e. The summed E-state index contributed by atoms with van der Waals surface area (Å²) in [6.45, 7) is 7.06. The number of methoxy groups -OCH3 is 1. The van der Waals surface area contributed by atoms with Gasteiger partial charge in [0.15, 0.2) is 0 Å². The number of ether oxygens (including phenoxy) is 1. The Labute approximate surface area is 148 Å². The highest BCUT2D eigenvalue weighted by Crippen LogP contribution is 2.27. The number of hydrogen-bond acceptors (Lipinski definition) is 4. The number of aromatic hydroxyl groups is 1. The number of phenolic OH excluding ortho intramolecular Hbond substituents is 1. The lowest BCUT2D eigenvalue weighted by atomic mass is 10.1. The van der Waals surface area contributed by atoms with Crippen LogP contribution in [0.25, 0.3) is 0 Å². The molecule has 0 radical (unpaired) electrons. The lowest BCUT2D eigenvalue weighted by Gasteiger charge is -2.37. The zero-order valence-corrected chi connectivity index (χ0v) is 15.0. The van der Waals surface area contributed by atoms with Crippen molar-refractivity contribution in [3.8, 4) is 11.5 Å². The number of piperazine rings is 1. The number of amides is 1. The average molecular weight is 340 g/mol. The molecule has 0 saturated carbocycles. The zero-order chi connectivity index (χ0) is 18.0. The molecule has 1 heterocycles. The maximum atomic E-state index is 12.7. The van der Waals surface area contributed by atoms with Gasteiger partial charge in [-0.3, -0.25) is 4.79 Å². The molecule has 5 heteroatoms. The Balaban J connectivity index is 1.72. The summed E-state index contributed by atoms with van der Waals surface area (Å²) in [5.41, 5.74) is 4.08. The van der Waals surface area contributed by atoms with E-state index in [2.05, 4.69) is 36.9 Å². The van der Waals surface area contributed by atoms with Crippen molar-refractivity contribution in [1.82, 2.24) is 4.90 Å². The van der Waals surface area contributed by atoms with Gasteiger partial charge in [0.05, 0.1) is 12.7 Å². The smallest absolute Gasteiger partial charge is 0.257 e. The number of benzene rings is 2. The van der Waals surface area contributed by atoms with E-state index in [0.717, 1.165) is 13.1 Å². The maximum absolute atomic E-state index is 12.7. The Morgan fingerprint density at radius 3 is 2.48 bits per heavy atom. The van der Waals surface area contributed by atoms with E-state index in [1.54, 1.807) is 24.1 Å². The SMILES string of the molecule is COc1ccc(O)c(C(=O)N2CCN(c3cccc(C)c3C)CC2)c1. The van der Waals surface area contributed by atoms with Crippen LogP contribution in [0.3, 0.4) is 0 Å². The first kappa shape index (κ1) is 17.1. The first-order valence-corrected chi connectivity index (χ1v) is 8.48. The third kappa shape index (κ3) is 3.40. The second-order valence-corrected chi connectivity index (χ2v) is 6.38. The number of anilines is 1. The minimum atomic E-state index is -0.156. The number of carbonyl (C=O) groups is 1. The summed E-state index contributed by atoms with van der Waals surface area (Å²) >= 11 is 0. The zero-order valence-electron chi connectivity index (χ0n) is 15.0. The van der Waals surface area contributed by atoms with Gasteiger partial charge in [0.2, 0.25) is 0 Å². The molecule has 0 unspecified atom stereocenters. The van der Waals surface area contributed by atoms with E-state index in [4.69, 9.17) is 4.74 Å². The summed E-state index contributed by atoms with van der Waals surface area (Å²) in [5, 5.41) is 10.0. The van der Waals surface area contributed by atoms with E-state index in [1.807, 2.05) is 0 Å². The number of rotatable bonds is 3. The number of nitrogens with zero attached hydrogens (tertiary/aromatic N) is 2. The van der Waals surface area contributed by atoms with Crippen molar-refractivity contribution < 1.29 is 14.6 Å². The average Bonchev–Trinajstić information content (AvgIpc) is 2.64. The topological polar surface area (TPSA) is 53.0 Å². The molecule has 1 amide bonds. The molecule has 25 heavy (non-hydrogen) atoms. The molecule has 0 spiro atoms. The van der Waals surface area contributed by atoms with Gasteiger partial charge >= 0.3 is 0 Å². The van der Waals surface area contributed by atoms with Crippen LogP contribution in [-0.4, -0.2) is 49.2 Å². The van der Waals surface area contributed by atoms with Gasteiger partial charge in [0, 0.05) is 31.9 Å². The number of phenols is 1. The van der Waals surface area contributed by atoms with Crippen molar-refractivity contribution in [3.63, 3.8) is 0 Å². The van der Waals surface area contributed by atoms with E-state index in [1.165, 1.54) is 22.9 Å². The van der Waals surface area contributed by atoms with Crippen LogP contribution in [0.5, 0.6) is 11.5 Å². The predicted octanol–water partition coefficient (Wildman–Crippen LogP) is 2.98. The number of hydrogen-bond donors (Lipinski definition) is 1. The lowest BCUT2D eigenvalue weighted by Crippen LogP contribution is -2.49. The number of carbonyl (C=O) groups excluding carboxylic acids is 1. The van der Waals surface area contributed by atoms with Crippen LogP contribution in [0.4, 0.5) is 5.69 Å². The van der Waals surface area contributed by atoms with Crippen molar-refractivity contribution in [2.75, 3.05) is 38.2 Å². The van der Waals surface area contributed by atoms with E-state index < -0.39 is 0 Å². The fraction of sp³-hybridized carbons (Fsp3) is 0.350. The van der Waals surface area contributed by atoms with E-state index in [-0.39, 0.29) is 11.7 Å². The molecule has 1 N–H and O–H groups in total. The summed E-state index contributed by atoms with van der Waals surface area (Å²) in [6.07, 6.45) is 0. The molecule has 1 aliphatic rings. The summed E-state index contributed by atoms with van der Waals surface area (Å²) in [5.74, 6) is 0.398. The van der Waals surface area contributed by atoms with Crippen LogP contribution in [-0.2, 0) is 0 Å². The molecule has 1 fully saturated rings. The molecule has 0 aromatic heterocycles. The summed E-state index contributed by atoms with van der Waals surface area (Å²) in [6, 6.07) is 11.1. The van der Waals surface area contributed by atoms with Gasteiger partial charge in [0.25, 0.3) is 5.91 Å². The van der Waals surface area contributed by atoms with Gasteiger partial charge in [-0.05, 0) is 49.2 Å². The van der Waals surface area contributed by atoms with Gasteiger partial charge in [-0.25, -0.2) is 0 Å². The van der Waals surface area contributed by atoms with Crippen LogP contribution in [0, 0.1) is 13.8 Å². The Bertz CT molecular complexity index is 781. The van der Waals surface area contributed by atoms with Gasteiger partial charge in [0.1, 0.15) is 11.5 Å². The molecular weight excluding hydrogens is 316 g/mol. The summed E-state index contributed by atoms with van der Waals surface area (Å²) in [4.78, 5) is 16.8. The maximum Gasteiger partial charge on any atom is 0.257 e. The van der Waals surface area contributed by atoms with Crippen LogP contribution in [0.15, 0.2) is 36.4 Å². The Kier molecular flexibility index (Phi) is 4.83. The van der Waals surface area contributed by atoms with Crippen molar-refractivity contribution in [1.29, 1.82) is 0 Å². The van der Waals surface area contributed by atoms with E-state index >= 15 is 0 Å². The third-order valence-electron chi connectivity index (χ3n) is 4.92. The Morgan fingerprint density at radius 1 is 1.08 bits per heavy atom. The van der Waals surface area contributed by atoms with Crippen molar-refractivity contribution in [3.05, 3.63) is 53.1 Å². The van der Waals surface area contributed by atoms with E-state index in [0.29, 0.717) is 24.4 Å². The van der Waals surface area contributed by atoms with Crippen LogP contribution in [0.1, 0.15) is 21.5 Å². The molecule has 2 aromatic carbocycles. The fourth-order valence-electron chi connectivity index (χ4n) is 3.21. The second kappa shape index (κ2) is 7.05. The molecule has 132 valence electrons. The highest BCUT2D eigenvalue weighted by Gasteiger charge is 2.25. The molecule has 0 atom stereocenters. The number of aryl methyl sites for hydroxylation is 1. The molecule has 0 aliphatic carbocycles. The normalized spacial score (nSPS) is 14.5. The Hall–Kier alpha value is -2.69. The first-order chi connectivity index (χ1) is 12.0. The highest BCUT2D eigenvalue weighted by atomic mass is 16.5. The monoisotopic (exact) mass is 340 g/mol. The molecule has 1 saturated heterocycles. The van der Waals surface area contributed by atoms with E-state index in [9.17, 15) is 9.90 Å². The standard InChI is InChI=1S/C20H24N2O3/c1-14-5-4-6-18(15(14)2)21-9-11-22(12-10-21)20(24)17-13-16(25-3)7-8-19(17)23/h4-8,13,23H,9-12H2,1-3H3. The molecule has 3 rings (SSSR count). The van der Waals surface area contributed by atoms with Crippen molar-refractivity contribution >= 4 is 11.6 Å². The Morgan fingerprint density at radius 2 is 1.80 bits per heavy atom. The molecule has 0 bridgehead atoms. The van der Waals surface area contributed by atoms with Gasteiger partial charge in [-0.1, -0.05) is 12.1 Å². The highest BCUT2D eigenvalue weighted by molar-refractivity contribution is 5.97. The fourth-order valence-corrected chi connectivity index (χ4v) is 3.21. The molecule has 5 nitrogen and oxygen atoms in total. The third-order valence-corrected chi connectivity index (χ3v) is 4.92. The predicted molar refractivity (Wildman–Crippen MR) is 98.7 cm³/mol. The molecule has 2 aromatic rings. The summed E-state index contributed by atoms with van der Waals surface area (Å²) in [7, 11) is 1.55. The van der Waals surface area contributed by atoms with Crippen LogP contribution in [0.2, 0.25) is 0 Å². The lowest BCUT2D eigenvalue weighted by molar-refractivity contribution is 0.0743. The van der Waals surface area contributed by atoms with Crippen LogP contribution < -0.4 is 9.64 Å². The van der Waals surface area contributed by atoms with Gasteiger partial charge in [-0.2, -0.15) is 0 Å². The second-order valence-electron chi connectivity index (χ2n) is 6.38. The summed E-state index contributed by atoms with van der Waals surface area (Å²) < 4.78 is 5.16. The van der Waals surface area contributed by atoms with Crippen LogP contribution >= 0.6 is 0 Å². The van der Waals surface area contributed by atoms with Crippen molar-refractivity contribution in [2.45, 2.75) is 13.8 Å². The quantitative estimate of drug-likeness (QED) is 0.933. The minimum Gasteiger partial charge on any atom is -0.507 e. The van der Waals surface area contributed by atoms with Gasteiger partial charge in [-0.15, -0.1) is 0 Å².